The number of hydrogen-bond acceptors (Lipinski definition) is 4. The SMILES string of the molecule is Cc1nc(C(C)NCCC2CCCCO2)cs1. The summed E-state index contributed by atoms with van der Waals surface area (Å²) in [6.07, 6.45) is 5.38. The largest absolute Gasteiger partial charge is 0.378 e. The van der Waals surface area contributed by atoms with E-state index in [0.717, 1.165) is 30.3 Å². The van der Waals surface area contributed by atoms with Gasteiger partial charge in [-0.05, 0) is 46.1 Å². The van der Waals surface area contributed by atoms with Crippen LogP contribution in [0, 0.1) is 6.92 Å². The van der Waals surface area contributed by atoms with Crippen LogP contribution in [0.3, 0.4) is 0 Å². The van der Waals surface area contributed by atoms with E-state index in [9.17, 15) is 0 Å². The smallest absolute Gasteiger partial charge is 0.0898 e. The van der Waals surface area contributed by atoms with Crippen LogP contribution in [0.2, 0.25) is 0 Å². The molecule has 17 heavy (non-hydrogen) atoms. The molecule has 1 fully saturated rings. The molecule has 0 aromatic carbocycles. The lowest BCUT2D eigenvalue weighted by Gasteiger charge is -2.23. The van der Waals surface area contributed by atoms with Gasteiger partial charge in [0, 0.05) is 18.0 Å². The first-order valence-electron chi connectivity index (χ1n) is 6.52. The summed E-state index contributed by atoms with van der Waals surface area (Å²) in [5, 5.41) is 6.81. The highest BCUT2D eigenvalue weighted by Gasteiger charge is 2.14. The van der Waals surface area contributed by atoms with Crippen molar-refractivity contribution in [3.05, 3.63) is 16.1 Å². The second kappa shape index (κ2) is 6.47. The van der Waals surface area contributed by atoms with Crippen molar-refractivity contribution in [2.45, 2.75) is 51.7 Å². The Bertz CT molecular complexity index is 334. The van der Waals surface area contributed by atoms with E-state index in [1.165, 1.54) is 19.3 Å². The molecule has 2 atom stereocenters. The lowest BCUT2D eigenvalue weighted by molar-refractivity contribution is 0.0112. The summed E-state index contributed by atoms with van der Waals surface area (Å²) in [4.78, 5) is 4.50. The number of thiazole rings is 1. The standard InChI is InChI=1S/C13H22N2OS/c1-10(13-9-17-11(2)15-13)14-7-6-12-5-3-4-8-16-12/h9-10,12,14H,3-8H2,1-2H3. The maximum absolute atomic E-state index is 5.72. The van der Waals surface area contributed by atoms with E-state index >= 15 is 0 Å². The number of aromatic nitrogens is 1. The summed E-state index contributed by atoms with van der Waals surface area (Å²) in [6, 6.07) is 0.351. The van der Waals surface area contributed by atoms with E-state index in [-0.39, 0.29) is 0 Å². The van der Waals surface area contributed by atoms with Crippen LogP contribution >= 0.6 is 11.3 Å². The van der Waals surface area contributed by atoms with Gasteiger partial charge >= 0.3 is 0 Å². The summed E-state index contributed by atoms with van der Waals surface area (Å²) in [5.41, 5.74) is 1.16. The van der Waals surface area contributed by atoms with Crippen molar-refractivity contribution in [3.63, 3.8) is 0 Å². The molecule has 1 aromatic rings. The summed E-state index contributed by atoms with van der Waals surface area (Å²) >= 11 is 1.72. The Morgan fingerprint density at radius 3 is 3.12 bits per heavy atom. The van der Waals surface area contributed by atoms with Gasteiger partial charge in [-0.3, -0.25) is 0 Å². The van der Waals surface area contributed by atoms with Crippen molar-refractivity contribution in [1.29, 1.82) is 0 Å². The lowest BCUT2D eigenvalue weighted by atomic mass is 10.1. The van der Waals surface area contributed by atoms with Crippen molar-refractivity contribution < 1.29 is 4.74 Å². The van der Waals surface area contributed by atoms with Gasteiger partial charge in [0.25, 0.3) is 0 Å². The van der Waals surface area contributed by atoms with E-state index < -0.39 is 0 Å². The average molecular weight is 254 g/mol. The van der Waals surface area contributed by atoms with Crippen LogP contribution in [0.4, 0.5) is 0 Å². The number of nitrogens with zero attached hydrogens (tertiary/aromatic N) is 1. The summed E-state index contributed by atoms with van der Waals surface area (Å²) in [7, 11) is 0. The van der Waals surface area contributed by atoms with Gasteiger partial charge in [-0.2, -0.15) is 0 Å². The Morgan fingerprint density at radius 2 is 2.47 bits per heavy atom. The maximum atomic E-state index is 5.72. The van der Waals surface area contributed by atoms with E-state index in [1.807, 2.05) is 0 Å². The van der Waals surface area contributed by atoms with Crippen molar-refractivity contribution in [2.75, 3.05) is 13.2 Å². The molecule has 1 aliphatic heterocycles. The monoisotopic (exact) mass is 254 g/mol. The van der Waals surface area contributed by atoms with Crippen LogP contribution in [0.25, 0.3) is 0 Å². The quantitative estimate of drug-likeness (QED) is 0.877. The van der Waals surface area contributed by atoms with Crippen LogP contribution in [-0.4, -0.2) is 24.2 Å². The van der Waals surface area contributed by atoms with Crippen LogP contribution in [0.5, 0.6) is 0 Å². The third kappa shape index (κ3) is 4.05. The van der Waals surface area contributed by atoms with Gasteiger partial charge in [-0.25, -0.2) is 4.98 Å². The highest BCUT2D eigenvalue weighted by atomic mass is 32.1. The molecule has 0 amide bonds. The number of hydrogen-bond donors (Lipinski definition) is 1. The van der Waals surface area contributed by atoms with Crippen molar-refractivity contribution in [3.8, 4) is 0 Å². The summed E-state index contributed by atoms with van der Waals surface area (Å²) in [5.74, 6) is 0. The molecule has 1 aliphatic rings. The first kappa shape index (κ1) is 13.0. The molecule has 0 bridgehead atoms. The summed E-state index contributed by atoms with van der Waals surface area (Å²) < 4.78 is 5.72. The second-order valence-corrected chi connectivity index (χ2v) is 5.81. The van der Waals surface area contributed by atoms with Crippen LogP contribution in [-0.2, 0) is 4.74 Å². The highest BCUT2D eigenvalue weighted by Crippen LogP contribution is 2.17. The second-order valence-electron chi connectivity index (χ2n) is 4.74. The van der Waals surface area contributed by atoms with Gasteiger partial charge in [0.2, 0.25) is 0 Å². The molecule has 0 radical (unpaired) electrons. The first-order valence-corrected chi connectivity index (χ1v) is 7.40. The molecule has 4 heteroatoms. The molecule has 96 valence electrons. The molecule has 0 aliphatic carbocycles. The zero-order chi connectivity index (χ0) is 12.1. The molecule has 2 heterocycles. The fraction of sp³-hybridized carbons (Fsp3) is 0.769. The highest BCUT2D eigenvalue weighted by molar-refractivity contribution is 7.09. The predicted octanol–water partition coefficient (Wildman–Crippen LogP) is 3.06. The Hall–Kier alpha value is -0.450. The fourth-order valence-electron chi connectivity index (χ4n) is 2.18. The van der Waals surface area contributed by atoms with E-state index in [2.05, 4.69) is 29.5 Å². The Balaban J connectivity index is 1.67. The number of aryl methyl sites for hydroxylation is 1. The van der Waals surface area contributed by atoms with Crippen molar-refractivity contribution in [2.24, 2.45) is 0 Å². The van der Waals surface area contributed by atoms with Crippen molar-refractivity contribution in [1.82, 2.24) is 10.3 Å². The third-order valence-electron chi connectivity index (χ3n) is 3.27. The van der Waals surface area contributed by atoms with E-state index in [0.29, 0.717) is 12.1 Å². The molecule has 2 unspecified atom stereocenters. The zero-order valence-corrected chi connectivity index (χ0v) is 11.6. The normalized spacial score (nSPS) is 22.6. The van der Waals surface area contributed by atoms with Crippen molar-refractivity contribution >= 4 is 11.3 Å². The molecule has 1 N–H and O–H groups in total. The molecular formula is C13H22N2OS. The average Bonchev–Trinajstić information content (AvgIpc) is 2.77. The van der Waals surface area contributed by atoms with Gasteiger partial charge in [0.1, 0.15) is 0 Å². The molecular weight excluding hydrogens is 232 g/mol. The molecule has 2 rings (SSSR count). The minimum absolute atomic E-state index is 0.351. The molecule has 1 aromatic heterocycles. The van der Waals surface area contributed by atoms with Gasteiger partial charge < -0.3 is 10.1 Å². The van der Waals surface area contributed by atoms with Gasteiger partial charge in [0.05, 0.1) is 16.8 Å². The fourth-order valence-corrected chi connectivity index (χ4v) is 2.89. The Kier molecular flexibility index (Phi) is 4.95. The van der Waals surface area contributed by atoms with Gasteiger partial charge in [0.15, 0.2) is 0 Å². The van der Waals surface area contributed by atoms with E-state index in [4.69, 9.17) is 4.74 Å². The van der Waals surface area contributed by atoms with Crippen LogP contribution < -0.4 is 5.32 Å². The van der Waals surface area contributed by atoms with E-state index in [1.54, 1.807) is 11.3 Å². The van der Waals surface area contributed by atoms with Crippen LogP contribution in [0.15, 0.2) is 5.38 Å². The topological polar surface area (TPSA) is 34.2 Å². The zero-order valence-electron chi connectivity index (χ0n) is 10.7. The van der Waals surface area contributed by atoms with Crippen LogP contribution in [0.1, 0.15) is 49.4 Å². The minimum atomic E-state index is 0.351. The molecule has 0 saturated carbocycles. The molecule has 0 spiro atoms. The third-order valence-corrected chi connectivity index (χ3v) is 4.06. The molecule has 1 saturated heterocycles. The molecule has 3 nitrogen and oxygen atoms in total. The number of nitrogens with one attached hydrogen (secondary N) is 1. The minimum Gasteiger partial charge on any atom is -0.378 e. The number of rotatable bonds is 5. The Morgan fingerprint density at radius 1 is 1.59 bits per heavy atom. The maximum Gasteiger partial charge on any atom is 0.0898 e. The Labute approximate surface area is 108 Å². The predicted molar refractivity (Wildman–Crippen MR) is 71.5 cm³/mol. The van der Waals surface area contributed by atoms with Gasteiger partial charge in [-0.15, -0.1) is 11.3 Å². The summed E-state index contributed by atoms with van der Waals surface area (Å²) in [6.45, 7) is 6.20. The van der Waals surface area contributed by atoms with Gasteiger partial charge in [-0.1, -0.05) is 0 Å². The lowest BCUT2D eigenvalue weighted by Crippen LogP contribution is -2.27. The first-order chi connectivity index (χ1) is 8.25. The number of ether oxygens (including phenoxy) is 1.